The van der Waals surface area contributed by atoms with Crippen molar-refractivity contribution in [2.75, 3.05) is 6.26 Å². The van der Waals surface area contributed by atoms with Gasteiger partial charge in [-0.05, 0) is 54.0 Å². The molecule has 1 saturated carbocycles. The second-order valence-electron chi connectivity index (χ2n) is 9.29. The molecule has 2 aliphatic rings. The molecule has 2 aromatic rings. The van der Waals surface area contributed by atoms with Crippen molar-refractivity contribution in [3.63, 3.8) is 0 Å². The number of carbonyl (C=O) groups excluding carboxylic acids is 1. The Bertz CT molecular complexity index is 1240. The molecule has 2 N–H and O–H groups in total. The van der Waals surface area contributed by atoms with Crippen LogP contribution in [0.5, 0.6) is 0 Å². The molecule has 1 amide bonds. The molecule has 4 atom stereocenters. The normalized spacial score (nSPS) is 22.7. The molecule has 7 nitrogen and oxygen atoms in total. The topological polar surface area (TPSA) is 123 Å². The molecule has 34 heavy (non-hydrogen) atoms. The lowest BCUT2D eigenvalue weighted by Gasteiger charge is -2.24. The summed E-state index contributed by atoms with van der Waals surface area (Å²) in [5.41, 5.74) is 2.49. The molecule has 2 fully saturated rings. The van der Waals surface area contributed by atoms with Gasteiger partial charge in [0.25, 0.3) is 0 Å². The number of benzene rings is 2. The van der Waals surface area contributed by atoms with E-state index in [1.54, 1.807) is 6.07 Å². The summed E-state index contributed by atoms with van der Waals surface area (Å²) in [5, 5.41) is 25.1. The molecule has 1 aliphatic heterocycles. The Hall–Kier alpha value is -3.20. The van der Waals surface area contributed by atoms with E-state index in [1.807, 2.05) is 30.3 Å². The molecule has 4 rings (SSSR count). The minimum absolute atomic E-state index is 0.00389. The van der Waals surface area contributed by atoms with E-state index in [0.717, 1.165) is 30.2 Å². The molecule has 0 aromatic heterocycles. The number of nitrogens with one attached hydrogen (secondary N) is 2. The number of nitrogens with zero attached hydrogens (tertiary/aromatic N) is 2. The van der Waals surface area contributed by atoms with Crippen LogP contribution in [0.25, 0.3) is 11.1 Å². The first-order chi connectivity index (χ1) is 16.3. The van der Waals surface area contributed by atoms with Crippen molar-refractivity contribution in [1.29, 1.82) is 10.5 Å². The molecule has 2 aromatic carbocycles. The second kappa shape index (κ2) is 9.97. The van der Waals surface area contributed by atoms with E-state index in [0.29, 0.717) is 23.9 Å². The summed E-state index contributed by atoms with van der Waals surface area (Å²) in [7, 11) is -3.53. The maximum Gasteiger partial charge on any atom is 0.238 e. The van der Waals surface area contributed by atoms with Gasteiger partial charge >= 0.3 is 0 Å². The molecule has 8 heteroatoms. The van der Waals surface area contributed by atoms with E-state index < -0.39 is 15.9 Å². The number of hydrogen-bond acceptors (Lipinski definition) is 6. The third kappa shape index (κ3) is 5.30. The fourth-order valence-corrected chi connectivity index (χ4v) is 5.95. The Kier molecular flexibility index (Phi) is 7.02. The van der Waals surface area contributed by atoms with Crippen LogP contribution in [0.15, 0.2) is 47.4 Å². The SMILES string of the molecule is CS(=O)(=O)c1cc(-c2ccc(C[C@@H](C#N)NC(=O)[C@@H]3C[C@@H]4CCCC[C@@H]4N3)cc2)ccc1C#N. The van der Waals surface area contributed by atoms with E-state index >= 15 is 0 Å². The summed E-state index contributed by atoms with van der Waals surface area (Å²) in [4.78, 5) is 12.8. The van der Waals surface area contributed by atoms with Crippen molar-refractivity contribution in [3.05, 3.63) is 53.6 Å². The van der Waals surface area contributed by atoms with Gasteiger partial charge in [-0.2, -0.15) is 10.5 Å². The Morgan fingerprint density at radius 2 is 1.82 bits per heavy atom. The van der Waals surface area contributed by atoms with Crippen LogP contribution in [0, 0.1) is 28.6 Å². The van der Waals surface area contributed by atoms with Gasteiger partial charge in [-0.25, -0.2) is 8.42 Å². The minimum atomic E-state index is -3.53. The number of nitriles is 2. The van der Waals surface area contributed by atoms with Crippen LogP contribution in [0.4, 0.5) is 0 Å². The lowest BCUT2D eigenvalue weighted by Crippen LogP contribution is -2.47. The third-order valence-electron chi connectivity index (χ3n) is 6.88. The molecule has 0 spiro atoms. The van der Waals surface area contributed by atoms with Crippen molar-refractivity contribution in [3.8, 4) is 23.3 Å². The number of sulfone groups is 1. The summed E-state index contributed by atoms with van der Waals surface area (Å²) >= 11 is 0. The fourth-order valence-electron chi connectivity index (χ4n) is 5.09. The molecule has 0 unspecified atom stereocenters. The third-order valence-corrected chi connectivity index (χ3v) is 8.02. The summed E-state index contributed by atoms with van der Waals surface area (Å²) in [5.74, 6) is 0.450. The van der Waals surface area contributed by atoms with Crippen molar-refractivity contribution < 1.29 is 13.2 Å². The van der Waals surface area contributed by atoms with Crippen LogP contribution < -0.4 is 10.6 Å². The monoisotopic (exact) mass is 476 g/mol. The number of fused-ring (bicyclic) bond motifs is 1. The molecule has 1 heterocycles. The van der Waals surface area contributed by atoms with Gasteiger partial charge in [0, 0.05) is 18.7 Å². The van der Waals surface area contributed by atoms with Crippen LogP contribution in [0.2, 0.25) is 0 Å². The minimum Gasteiger partial charge on any atom is -0.339 e. The Morgan fingerprint density at radius 1 is 1.12 bits per heavy atom. The van der Waals surface area contributed by atoms with Gasteiger partial charge in [0.1, 0.15) is 12.1 Å². The smallest absolute Gasteiger partial charge is 0.238 e. The quantitative estimate of drug-likeness (QED) is 0.660. The zero-order valence-corrected chi connectivity index (χ0v) is 19.9. The molecule has 176 valence electrons. The number of carbonyl (C=O) groups is 1. The van der Waals surface area contributed by atoms with Gasteiger partial charge in [0.15, 0.2) is 9.84 Å². The van der Waals surface area contributed by atoms with Crippen LogP contribution in [0.3, 0.4) is 0 Å². The van der Waals surface area contributed by atoms with Gasteiger partial charge in [-0.3, -0.25) is 4.79 Å². The standard InChI is InChI=1S/C26H28N4O3S/c1-34(32,33)25-14-19(10-11-21(25)15-27)18-8-6-17(7-9-18)12-22(16-28)29-26(31)24-13-20-4-2-3-5-23(20)30-24/h6-11,14,20,22-24,30H,2-5,12-13H2,1H3,(H,29,31)/t20-,22-,23-,24-/m0/s1. The molecule has 0 bridgehead atoms. The first-order valence-corrected chi connectivity index (χ1v) is 13.5. The van der Waals surface area contributed by atoms with Crippen molar-refractivity contribution in [1.82, 2.24) is 10.6 Å². The van der Waals surface area contributed by atoms with Crippen LogP contribution in [-0.4, -0.2) is 38.7 Å². The summed E-state index contributed by atoms with van der Waals surface area (Å²) in [6.07, 6.45) is 7.02. The van der Waals surface area contributed by atoms with Crippen molar-refractivity contribution >= 4 is 15.7 Å². The van der Waals surface area contributed by atoms with Gasteiger partial charge < -0.3 is 10.6 Å². The predicted molar refractivity (Wildman–Crippen MR) is 128 cm³/mol. The fraction of sp³-hybridized carbons (Fsp3) is 0.423. The molecule has 0 radical (unpaired) electrons. The number of amides is 1. The highest BCUT2D eigenvalue weighted by Crippen LogP contribution is 2.33. The lowest BCUT2D eigenvalue weighted by atomic mass is 9.85. The van der Waals surface area contributed by atoms with E-state index in [-0.39, 0.29) is 22.4 Å². The largest absolute Gasteiger partial charge is 0.339 e. The van der Waals surface area contributed by atoms with Gasteiger partial charge in [-0.1, -0.05) is 43.2 Å². The number of rotatable bonds is 6. The summed E-state index contributed by atoms with van der Waals surface area (Å²) < 4.78 is 24.1. The molecule has 1 aliphatic carbocycles. The lowest BCUT2D eigenvalue weighted by molar-refractivity contribution is -0.123. The first kappa shape index (κ1) is 23.9. The van der Waals surface area contributed by atoms with E-state index in [4.69, 9.17) is 0 Å². The van der Waals surface area contributed by atoms with Gasteiger partial charge in [-0.15, -0.1) is 0 Å². The Labute approximate surface area is 200 Å². The maximum atomic E-state index is 12.8. The van der Waals surface area contributed by atoms with Gasteiger partial charge in [0.05, 0.1) is 22.6 Å². The van der Waals surface area contributed by atoms with Crippen LogP contribution in [0.1, 0.15) is 43.2 Å². The van der Waals surface area contributed by atoms with E-state index in [1.165, 1.54) is 31.4 Å². The highest BCUT2D eigenvalue weighted by Gasteiger charge is 2.38. The maximum absolute atomic E-state index is 12.8. The average molecular weight is 477 g/mol. The molecular weight excluding hydrogens is 448 g/mol. The van der Waals surface area contributed by atoms with Crippen LogP contribution in [-0.2, 0) is 21.1 Å². The second-order valence-corrected chi connectivity index (χ2v) is 11.3. The molecule has 1 saturated heterocycles. The van der Waals surface area contributed by atoms with Gasteiger partial charge in [0.2, 0.25) is 5.91 Å². The van der Waals surface area contributed by atoms with Crippen LogP contribution >= 0.6 is 0 Å². The summed E-state index contributed by atoms with van der Waals surface area (Å²) in [6, 6.07) is 15.8. The van der Waals surface area contributed by atoms with Crippen molar-refractivity contribution in [2.24, 2.45) is 5.92 Å². The molecular formula is C26H28N4O3S. The predicted octanol–water partition coefficient (Wildman–Crippen LogP) is 3.10. The average Bonchev–Trinajstić information content (AvgIpc) is 3.28. The first-order valence-electron chi connectivity index (χ1n) is 11.6. The highest BCUT2D eigenvalue weighted by molar-refractivity contribution is 7.90. The zero-order valence-electron chi connectivity index (χ0n) is 19.1. The summed E-state index contributed by atoms with van der Waals surface area (Å²) in [6.45, 7) is 0. The Morgan fingerprint density at radius 3 is 2.47 bits per heavy atom. The van der Waals surface area contributed by atoms with E-state index in [2.05, 4.69) is 16.7 Å². The Balaban J connectivity index is 1.41. The van der Waals surface area contributed by atoms with Crippen molar-refractivity contribution in [2.45, 2.75) is 61.5 Å². The zero-order chi connectivity index (χ0) is 24.3. The highest BCUT2D eigenvalue weighted by atomic mass is 32.2. The van der Waals surface area contributed by atoms with E-state index in [9.17, 15) is 23.7 Å². The number of hydrogen-bond donors (Lipinski definition) is 2.